The van der Waals surface area contributed by atoms with Crippen molar-refractivity contribution in [3.63, 3.8) is 0 Å². The fraction of sp³-hybridized carbons (Fsp3) is 0.889. The number of hydrogen-bond acceptors (Lipinski definition) is 1. The summed E-state index contributed by atoms with van der Waals surface area (Å²) < 4.78 is 0. The summed E-state index contributed by atoms with van der Waals surface area (Å²) in [5, 5.41) is 0.619. The predicted octanol–water partition coefficient (Wildman–Crippen LogP) is 8.16. The van der Waals surface area contributed by atoms with Crippen LogP contribution in [0, 0.1) is 46.3 Å². The molecule has 4 aliphatic rings. The fourth-order valence-corrected chi connectivity index (χ4v) is 9.08. The lowest BCUT2D eigenvalue weighted by atomic mass is 9.46. The molecule has 29 heavy (non-hydrogen) atoms. The molecule has 0 N–H and O–H groups in total. The molecule has 164 valence electrons. The van der Waals surface area contributed by atoms with Gasteiger partial charge in [-0.1, -0.05) is 65.5 Å². The highest BCUT2D eigenvalue weighted by Crippen LogP contribution is 2.68. The zero-order valence-electron chi connectivity index (χ0n) is 19.5. The quantitative estimate of drug-likeness (QED) is 0.440. The number of carbonyl (C=O) groups excluding carboxylic acids is 1. The van der Waals surface area contributed by atoms with Gasteiger partial charge in [0.15, 0.2) is 5.78 Å². The normalized spacial score (nSPS) is 43.2. The third-order valence-electron chi connectivity index (χ3n) is 10.3. The second-order valence-corrected chi connectivity index (χ2v) is 12.5. The van der Waals surface area contributed by atoms with Crippen LogP contribution in [-0.4, -0.2) is 5.78 Å². The Morgan fingerprint density at radius 1 is 0.966 bits per heavy atom. The number of allylic oxidation sites excluding steroid dienone is 1. The van der Waals surface area contributed by atoms with Gasteiger partial charge in [0.05, 0.1) is 5.03 Å². The number of Topliss-reactive ketones (excluding diaryl/α,β-unsaturated/α-hetero) is 1. The van der Waals surface area contributed by atoms with Gasteiger partial charge < -0.3 is 0 Å². The molecule has 1 unspecified atom stereocenters. The van der Waals surface area contributed by atoms with Crippen LogP contribution in [0.2, 0.25) is 0 Å². The van der Waals surface area contributed by atoms with Crippen LogP contribution >= 0.6 is 11.6 Å². The largest absolute Gasteiger partial charge is 0.293 e. The first-order valence-electron chi connectivity index (χ1n) is 12.6. The standard InChI is InChI=1S/C27H43ClO/c1-17(2)7-6-8-18(3)20-11-12-21-19-9-10-23-25(28)24(29)14-16-27(23,5)22(19)13-15-26(20,21)4/h17-22H,6-16H2,1-5H3/t18-,19+,20?,21+,22+,26-,27-/m1/s1. The molecule has 4 aliphatic carbocycles. The van der Waals surface area contributed by atoms with Gasteiger partial charge in [0.25, 0.3) is 0 Å². The Labute approximate surface area is 184 Å². The lowest BCUT2D eigenvalue weighted by Gasteiger charge is -2.58. The Bertz CT molecular complexity index is 678. The second kappa shape index (κ2) is 7.99. The molecule has 1 nitrogen and oxygen atoms in total. The topological polar surface area (TPSA) is 17.1 Å². The van der Waals surface area contributed by atoms with Gasteiger partial charge in [0, 0.05) is 6.42 Å². The predicted molar refractivity (Wildman–Crippen MR) is 123 cm³/mol. The third kappa shape index (κ3) is 3.56. The minimum atomic E-state index is 0.191. The van der Waals surface area contributed by atoms with Crippen LogP contribution in [0.15, 0.2) is 10.6 Å². The summed E-state index contributed by atoms with van der Waals surface area (Å²) in [6, 6.07) is 0. The van der Waals surface area contributed by atoms with Crippen molar-refractivity contribution < 1.29 is 4.79 Å². The third-order valence-corrected chi connectivity index (χ3v) is 10.7. The molecule has 0 saturated heterocycles. The molecule has 4 rings (SSSR count). The van der Waals surface area contributed by atoms with Crippen LogP contribution in [0.25, 0.3) is 0 Å². The number of carbonyl (C=O) groups is 1. The molecule has 0 aromatic carbocycles. The monoisotopic (exact) mass is 418 g/mol. The Morgan fingerprint density at radius 3 is 2.45 bits per heavy atom. The Kier molecular flexibility index (Phi) is 6.04. The molecule has 0 aromatic heterocycles. The fourth-order valence-electron chi connectivity index (χ4n) is 8.67. The zero-order chi connectivity index (χ0) is 21.0. The van der Waals surface area contributed by atoms with Gasteiger partial charge in [0.1, 0.15) is 0 Å². The van der Waals surface area contributed by atoms with Crippen molar-refractivity contribution >= 4 is 17.4 Å². The molecule has 0 aromatic rings. The van der Waals surface area contributed by atoms with Crippen LogP contribution in [0.4, 0.5) is 0 Å². The molecule has 0 amide bonds. The molecule has 0 heterocycles. The minimum Gasteiger partial charge on any atom is -0.293 e. The lowest BCUT2D eigenvalue weighted by molar-refractivity contribution is -0.118. The maximum atomic E-state index is 12.2. The van der Waals surface area contributed by atoms with E-state index in [1.165, 1.54) is 56.9 Å². The summed E-state index contributed by atoms with van der Waals surface area (Å²) in [5.41, 5.74) is 2.07. The van der Waals surface area contributed by atoms with E-state index >= 15 is 0 Å². The van der Waals surface area contributed by atoms with Crippen molar-refractivity contribution in [2.75, 3.05) is 0 Å². The molecule has 3 fully saturated rings. The Balaban J connectivity index is 1.52. The van der Waals surface area contributed by atoms with Gasteiger partial charge in [-0.3, -0.25) is 4.79 Å². The average Bonchev–Trinajstić information content (AvgIpc) is 3.02. The van der Waals surface area contributed by atoms with E-state index < -0.39 is 0 Å². The van der Waals surface area contributed by atoms with E-state index in [0.29, 0.717) is 16.9 Å². The summed E-state index contributed by atoms with van der Waals surface area (Å²) in [5.74, 6) is 5.33. The van der Waals surface area contributed by atoms with Crippen molar-refractivity contribution in [2.45, 2.75) is 105 Å². The summed E-state index contributed by atoms with van der Waals surface area (Å²) in [6.07, 6.45) is 13.9. The number of ketones is 1. The van der Waals surface area contributed by atoms with Crippen LogP contribution < -0.4 is 0 Å². The average molecular weight is 419 g/mol. The molecule has 0 radical (unpaired) electrons. The minimum absolute atomic E-state index is 0.191. The van der Waals surface area contributed by atoms with E-state index in [1.54, 1.807) is 0 Å². The molecule has 0 spiro atoms. The van der Waals surface area contributed by atoms with Crippen molar-refractivity contribution in [3.05, 3.63) is 10.6 Å². The number of rotatable bonds is 5. The van der Waals surface area contributed by atoms with E-state index in [1.807, 2.05) is 0 Å². The summed E-state index contributed by atoms with van der Waals surface area (Å²) in [7, 11) is 0. The van der Waals surface area contributed by atoms with Crippen molar-refractivity contribution in [1.82, 2.24) is 0 Å². The summed E-state index contributed by atoms with van der Waals surface area (Å²) in [4.78, 5) is 12.2. The van der Waals surface area contributed by atoms with E-state index in [9.17, 15) is 4.79 Å². The van der Waals surface area contributed by atoms with Crippen molar-refractivity contribution in [2.24, 2.45) is 46.3 Å². The highest BCUT2D eigenvalue weighted by Gasteiger charge is 2.59. The molecule has 3 saturated carbocycles. The Hall–Kier alpha value is -0.300. The number of halogens is 1. The van der Waals surface area contributed by atoms with Gasteiger partial charge in [-0.05, 0) is 96.9 Å². The van der Waals surface area contributed by atoms with Gasteiger partial charge in [0.2, 0.25) is 0 Å². The van der Waals surface area contributed by atoms with Gasteiger partial charge >= 0.3 is 0 Å². The second-order valence-electron chi connectivity index (χ2n) is 12.1. The van der Waals surface area contributed by atoms with Crippen LogP contribution in [0.1, 0.15) is 105 Å². The van der Waals surface area contributed by atoms with Gasteiger partial charge in [-0.15, -0.1) is 0 Å². The van der Waals surface area contributed by atoms with E-state index in [2.05, 4.69) is 34.6 Å². The molecule has 0 aliphatic heterocycles. The first kappa shape index (κ1) is 21.9. The van der Waals surface area contributed by atoms with Crippen molar-refractivity contribution in [3.8, 4) is 0 Å². The van der Waals surface area contributed by atoms with E-state index in [0.717, 1.165) is 48.3 Å². The molecule has 7 atom stereocenters. The Morgan fingerprint density at radius 2 is 1.72 bits per heavy atom. The zero-order valence-corrected chi connectivity index (χ0v) is 20.3. The highest BCUT2D eigenvalue weighted by molar-refractivity contribution is 6.43. The molecular formula is C27H43ClO. The first-order valence-corrected chi connectivity index (χ1v) is 13.0. The molecule has 0 bridgehead atoms. The van der Waals surface area contributed by atoms with E-state index in [-0.39, 0.29) is 11.2 Å². The SMILES string of the molecule is CC(C)CCC[C@@H](C)C1CC[C@H]2[C@@H]3CCC4=C(Cl)C(=O)CC[C@]4(C)[C@H]3CC[C@]12C. The van der Waals surface area contributed by atoms with Crippen molar-refractivity contribution in [1.29, 1.82) is 0 Å². The number of fused-ring (bicyclic) bond motifs is 5. The smallest absolute Gasteiger partial charge is 0.174 e. The van der Waals surface area contributed by atoms with Gasteiger partial charge in [-0.2, -0.15) is 0 Å². The van der Waals surface area contributed by atoms with Crippen LogP contribution in [0.3, 0.4) is 0 Å². The van der Waals surface area contributed by atoms with Gasteiger partial charge in [-0.25, -0.2) is 0 Å². The molecular weight excluding hydrogens is 376 g/mol. The maximum Gasteiger partial charge on any atom is 0.174 e. The molecule has 2 heteroatoms. The number of hydrogen-bond donors (Lipinski definition) is 0. The van der Waals surface area contributed by atoms with Crippen LogP contribution in [0.5, 0.6) is 0 Å². The van der Waals surface area contributed by atoms with Crippen LogP contribution in [-0.2, 0) is 4.79 Å². The maximum absolute atomic E-state index is 12.2. The summed E-state index contributed by atoms with van der Waals surface area (Å²) >= 11 is 6.57. The lowest BCUT2D eigenvalue weighted by Crippen LogP contribution is -2.51. The van der Waals surface area contributed by atoms with E-state index in [4.69, 9.17) is 11.6 Å². The first-order chi connectivity index (χ1) is 13.7. The summed E-state index contributed by atoms with van der Waals surface area (Å²) in [6.45, 7) is 12.4. The highest BCUT2D eigenvalue weighted by atomic mass is 35.5.